The van der Waals surface area contributed by atoms with Gasteiger partial charge in [0.2, 0.25) is 15.9 Å². The van der Waals surface area contributed by atoms with Gasteiger partial charge in [0.05, 0.1) is 16.2 Å². The molecular weight excluding hydrogens is 358 g/mol. The molecule has 0 bridgehead atoms. The number of carbonyl (C=O) groups is 1. The smallest absolute Gasteiger partial charge is 0.269 e. The fraction of sp³-hybridized carbons (Fsp3) is 0.235. The molecule has 138 valence electrons. The molecule has 0 aromatic heterocycles. The summed E-state index contributed by atoms with van der Waals surface area (Å²) in [6.07, 6.45) is 0.0486. The summed E-state index contributed by atoms with van der Waals surface area (Å²) in [7, 11) is -3.58. The average molecular weight is 377 g/mol. The summed E-state index contributed by atoms with van der Waals surface area (Å²) in [6, 6.07) is 11.3. The summed E-state index contributed by atoms with van der Waals surface area (Å²) >= 11 is 0. The van der Waals surface area contributed by atoms with Gasteiger partial charge in [0.1, 0.15) is 0 Å². The van der Waals surface area contributed by atoms with Crippen molar-refractivity contribution in [3.05, 3.63) is 64.2 Å². The second kappa shape index (κ2) is 8.07. The Morgan fingerprint density at radius 3 is 2.15 bits per heavy atom. The lowest BCUT2D eigenvalue weighted by Gasteiger charge is -2.10. The number of nitro groups is 1. The minimum atomic E-state index is -3.58. The Bertz CT molecular complexity index is 891. The first kappa shape index (κ1) is 19.5. The number of hydrogen-bond donors (Lipinski definition) is 2. The molecule has 0 aliphatic carbocycles. The molecule has 1 amide bonds. The maximum atomic E-state index is 12.1. The van der Waals surface area contributed by atoms with Gasteiger partial charge in [-0.05, 0) is 43.7 Å². The van der Waals surface area contributed by atoms with Gasteiger partial charge in [0.25, 0.3) is 5.69 Å². The van der Waals surface area contributed by atoms with Crippen LogP contribution in [0.5, 0.6) is 0 Å². The average Bonchev–Trinajstić information content (AvgIpc) is 2.54. The summed E-state index contributed by atoms with van der Waals surface area (Å²) < 4.78 is 26.6. The fourth-order valence-electron chi connectivity index (χ4n) is 2.22. The normalized spacial score (nSPS) is 11.3. The number of carbonyl (C=O) groups excluding carboxylic acids is 1. The molecule has 9 heteroatoms. The van der Waals surface area contributed by atoms with E-state index in [0.717, 1.165) is 0 Å². The minimum absolute atomic E-state index is 0.0408. The van der Waals surface area contributed by atoms with E-state index in [4.69, 9.17) is 0 Å². The van der Waals surface area contributed by atoms with E-state index in [9.17, 15) is 23.3 Å². The summed E-state index contributed by atoms with van der Waals surface area (Å²) in [6.45, 7) is 3.45. The highest BCUT2D eigenvalue weighted by atomic mass is 32.2. The van der Waals surface area contributed by atoms with Crippen molar-refractivity contribution in [2.75, 3.05) is 5.32 Å². The number of rotatable bonds is 7. The Morgan fingerprint density at radius 1 is 1.08 bits per heavy atom. The lowest BCUT2D eigenvalue weighted by atomic mass is 10.1. The van der Waals surface area contributed by atoms with Crippen molar-refractivity contribution in [2.45, 2.75) is 31.2 Å². The van der Waals surface area contributed by atoms with Crippen molar-refractivity contribution in [3.63, 3.8) is 0 Å². The lowest BCUT2D eigenvalue weighted by Crippen LogP contribution is -2.30. The van der Waals surface area contributed by atoms with Gasteiger partial charge < -0.3 is 5.32 Å². The van der Waals surface area contributed by atoms with Crippen molar-refractivity contribution >= 4 is 27.3 Å². The van der Waals surface area contributed by atoms with E-state index < -0.39 is 14.9 Å². The number of hydrogen-bond acceptors (Lipinski definition) is 5. The van der Waals surface area contributed by atoms with Gasteiger partial charge >= 0.3 is 0 Å². The van der Waals surface area contributed by atoms with Crippen molar-refractivity contribution in [2.24, 2.45) is 0 Å². The van der Waals surface area contributed by atoms with Gasteiger partial charge in [-0.15, -0.1) is 0 Å². The summed E-state index contributed by atoms with van der Waals surface area (Å²) in [5.41, 5.74) is 1.05. The van der Waals surface area contributed by atoms with Crippen LogP contribution in [0.2, 0.25) is 0 Å². The van der Waals surface area contributed by atoms with Crippen LogP contribution in [0, 0.1) is 10.1 Å². The number of amides is 1. The zero-order chi connectivity index (χ0) is 19.3. The third-order valence-electron chi connectivity index (χ3n) is 3.35. The Hall–Kier alpha value is -2.78. The number of nitro benzene ring substituents is 1. The van der Waals surface area contributed by atoms with Gasteiger partial charge in [-0.1, -0.05) is 12.1 Å². The number of nitrogens with zero attached hydrogens (tertiary/aromatic N) is 1. The molecule has 2 N–H and O–H groups in total. The quantitative estimate of drug-likeness (QED) is 0.567. The molecule has 0 fully saturated rings. The minimum Gasteiger partial charge on any atom is -0.326 e. The molecule has 2 rings (SSSR count). The zero-order valence-electron chi connectivity index (χ0n) is 14.3. The predicted octanol–water partition coefficient (Wildman–Crippen LogP) is 2.46. The number of anilines is 1. The van der Waals surface area contributed by atoms with Crippen LogP contribution in [0.25, 0.3) is 0 Å². The molecule has 0 heterocycles. The highest BCUT2D eigenvalue weighted by molar-refractivity contribution is 7.89. The molecule has 0 aliphatic rings. The molecule has 26 heavy (non-hydrogen) atoms. The van der Waals surface area contributed by atoms with E-state index >= 15 is 0 Å². The highest BCUT2D eigenvalue weighted by Crippen LogP contribution is 2.16. The predicted molar refractivity (Wildman–Crippen MR) is 97.3 cm³/mol. The standard InChI is InChI=1S/C17H19N3O5S/c1-12(2)19-26(24,25)16-9-5-14(6-10-16)18-17(21)11-13-3-7-15(8-4-13)20(22)23/h3-10,12,19H,11H2,1-2H3,(H,18,21). The Balaban J connectivity index is 2.00. The molecule has 0 spiro atoms. The van der Waals surface area contributed by atoms with Gasteiger partial charge in [-0.2, -0.15) is 0 Å². The van der Waals surface area contributed by atoms with Crippen molar-refractivity contribution < 1.29 is 18.1 Å². The second-order valence-electron chi connectivity index (χ2n) is 5.95. The van der Waals surface area contributed by atoms with Crippen LogP contribution in [-0.4, -0.2) is 25.3 Å². The van der Waals surface area contributed by atoms with Crippen LogP contribution in [-0.2, 0) is 21.2 Å². The van der Waals surface area contributed by atoms with Crippen LogP contribution in [0.4, 0.5) is 11.4 Å². The van der Waals surface area contributed by atoms with E-state index in [1.54, 1.807) is 13.8 Å². The van der Waals surface area contributed by atoms with E-state index in [0.29, 0.717) is 11.3 Å². The third-order valence-corrected chi connectivity index (χ3v) is 5.03. The van der Waals surface area contributed by atoms with Gasteiger partial charge in [-0.3, -0.25) is 14.9 Å². The van der Waals surface area contributed by atoms with Crippen molar-refractivity contribution in [1.29, 1.82) is 0 Å². The summed E-state index contributed by atoms with van der Waals surface area (Å²) in [4.78, 5) is 22.3. The number of sulfonamides is 1. The first-order chi connectivity index (χ1) is 12.2. The number of benzene rings is 2. The SMILES string of the molecule is CC(C)NS(=O)(=O)c1ccc(NC(=O)Cc2ccc([N+](=O)[O-])cc2)cc1. The highest BCUT2D eigenvalue weighted by Gasteiger charge is 2.15. The van der Waals surface area contributed by atoms with E-state index in [1.165, 1.54) is 48.5 Å². The van der Waals surface area contributed by atoms with Crippen molar-refractivity contribution in [1.82, 2.24) is 4.72 Å². The molecular formula is C17H19N3O5S. The summed E-state index contributed by atoms with van der Waals surface area (Å²) in [5.74, 6) is -0.310. The van der Waals surface area contributed by atoms with Crippen LogP contribution in [0.15, 0.2) is 53.4 Å². The van der Waals surface area contributed by atoms with Crippen LogP contribution < -0.4 is 10.0 Å². The Kier molecular flexibility index (Phi) is 6.06. The van der Waals surface area contributed by atoms with Gasteiger partial charge in [0, 0.05) is 23.9 Å². The van der Waals surface area contributed by atoms with Crippen molar-refractivity contribution in [3.8, 4) is 0 Å². The number of nitrogens with one attached hydrogen (secondary N) is 2. The van der Waals surface area contributed by atoms with Gasteiger partial charge in [0.15, 0.2) is 0 Å². The molecule has 0 radical (unpaired) electrons. The Morgan fingerprint density at radius 2 is 1.65 bits per heavy atom. The molecule has 0 saturated carbocycles. The molecule has 0 aliphatic heterocycles. The Labute approximate surface area is 151 Å². The summed E-state index contributed by atoms with van der Waals surface area (Å²) in [5, 5.41) is 13.3. The second-order valence-corrected chi connectivity index (χ2v) is 7.66. The molecule has 2 aromatic rings. The largest absolute Gasteiger partial charge is 0.326 e. The first-order valence-corrected chi connectivity index (χ1v) is 9.31. The molecule has 0 atom stereocenters. The van der Waals surface area contributed by atoms with Gasteiger partial charge in [-0.25, -0.2) is 13.1 Å². The zero-order valence-corrected chi connectivity index (χ0v) is 15.1. The molecule has 2 aromatic carbocycles. The lowest BCUT2D eigenvalue weighted by molar-refractivity contribution is -0.384. The van der Waals surface area contributed by atoms with E-state index in [-0.39, 0.29) is 29.0 Å². The monoisotopic (exact) mass is 377 g/mol. The number of non-ortho nitro benzene ring substituents is 1. The molecule has 0 unspecified atom stereocenters. The van der Waals surface area contributed by atoms with E-state index in [1.807, 2.05) is 0 Å². The first-order valence-electron chi connectivity index (χ1n) is 7.83. The van der Waals surface area contributed by atoms with Crippen LogP contribution >= 0.6 is 0 Å². The fourth-order valence-corrected chi connectivity index (χ4v) is 3.47. The topological polar surface area (TPSA) is 118 Å². The maximum absolute atomic E-state index is 12.1. The maximum Gasteiger partial charge on any atom is 0.269 e. The van der Waals surface area contributed by atoms with Crippen LogP contribution in [0.3, 0.4) is 0 Å². The molecule has 8 nitrogen and oxygen atoms in total. The van der Waals surface area contributed by atoms with Crippen LogP contribution in [0.1, 0.15) is 19.4 Å². The third kappa shape index (κ3) is 5.36. The van der Waals surface area contributed by atoms with E-state index in [2.05, 4.69) is 10.0 Å². The molecule has 0 saturated heterocycles.